The Balaban J connectivity index is 1.25. The molecule has 0 N–H and O–H groups in total. The normalized spacial score (nSPS) is 12.9. The van der Waals surface area contributed by atoms with Gasteiger partial charge < -0.3 is 9.47 Å². The van der Waals surface area contributed by atoms with Gasteiger partial charge in [-0.25, -0.2) is 14.5 Å². The van der Waals surface area contributed by atoms with E-state index >= 15 is 0 Å². The lowest BCUT2D eigenvalue weighted by atomic mass is 9.64. The van der Waals surface area contributed by atoms with Gasteiger partial charge in [0.15, 0.2) is 17.1 Å². The molecule has 1 spiro atoms. The maximum absolute atomic E-state index is 10.1. The van der Waals surface area contributed by atoms with Crippen molar-refractivity contribution in [2.24, 2.45) is 0 Å². The van der Waals surface area contributed by atoms with Crippen LogP contribution in [0.15, 0.2) is 146 Å². The van der Waals surface area contributed by atoms with Gasteiger partial charge >= 0.3 is 0 Å². The smallest absolute Gasteiger partial charge is 0.188 e. The predicted octanol–water partition coefficient (Wildman–Crippen LogP) is 12.5. The molecule has 8 aromatic rings. The summed E-state index contributed by atoms with van der Waals surface area (Å²) in [5, 5.41) is 11.9. The summed E-state index contributed by atoms with van der Waals surface area (Å²) < 4.78 is 2.21. The zero-order valence-electron chi connectivity index (χ0n) is 28.0. The second-order valence-electron chi connectivity index (χ2n) is 13.3. The van der Waals surface area contributed by atoms with Gasteiger partial charge in [-0.3, -0.25) is 0 Å². The van der Waals surface area contributed by atoms with Crippen LogP contribution in [0.1, 0.15) is 27.8 Å². The summed E-state index contributed by atoms with van der Waals surface area (Å²) in [6.45, 7) is 23.2. The van der Waals surface area contributed by atoms with Gasteiger partial charge in [-0.15, -0.1) is 0 Å². The Bertz CT molecular complexity index is 2900. The number of nitrogens with zero attached hydrogens (tertiary/aromatic N) is 6. The number of nitriles is 1. The molecule has 0 radical (unpaired) electrons. The van der Waals surface area contributed by atoms with E-state index in [0.717, 1.165) is 77.9 Å². The molecule has 0 unspecified atom stereocenters. The van der Waals surface area contributed by atoms with Gasteiger partial charge in [0.2, 0.25) is 0 Å². The third kappa shape index (κ3) is 3.98. The second kappa shape index (κ2) is 11.1. The highest BCUT2D eigenvalue weighted by atomic mass is 15.2. The molecule has 53 heavy (non-hydrogen) atoms. The van der Waals surface area contributed by atoms with Gasteiger partial charge in [-0.2, -0.15) is 5.26 Å². The summed E-state index contributed by atoms with van der Waals surface area (Å²) in [5.74, 6) is 0. The van der Waals surface area contributed by atoms with Crippen LogP contribution in [0.5, 0.6) is 0 Å². The molecule has 0 bridgehead atoms. The minimum absolute atomic E-state index is 0.550. The van der Waals surface area contributed by atoms with Crippen molar-refractivity contribution in [1.29, 1.82) is 5.26 Å². The first-order valence-electron chi connectivity index (χ1n) is 17.1. The van der Waals surface area contributed by atoms with Crippen molar-refractivity contribution in [2.45, 2.75) is 5.41 Å². The SMILES string of the molecule is [C-]#[N+]c1ccc2c(c1)C1(c3cc(C#N)ccc3-2)c2ccccc2N(c2cccc(-n3c4ccc([N+]#[C-])cc4c4cc([N+]#[C-])ccc43)c2)c2ccccc21. The van der Waals surface area contributed by atoms with Crippen molar-refractivity contribution in [3.8, 4) is 22.9 Å². The summed E-state index contributed by atoms with van der Waals surface area (Å²) in [6, 6.07) is 51.2. The van der Waals surface area contributed by atoms with Crippen molar-refractivity contribution in [1.82, 2.24) is 4.57 Å². The molecule has 0 atom stereocenters. The zero-order valence-corrected chi connectivity index (χ0v) is 28.0. The van der Waals surface area contributed by atoms with E-state index in [9.17, 15) is 5.26 Å². The molecular formula is C47H24N6. The number of fused-ring (bicyclic) bond motifs is 12. The highest BCUT2D eigenvalue weighted by Crippen LogP contribution is 2.63. The summed E-state index contributed by atoms with van der Waals surface area (Å²) in [5.41, 5.74) is 13.6. The Morgan fingerprint density at radius 3 is 1.62 bits per heavy atom. The van der Waals surface area contributed by atoms with E-state index in [1.165, 1.54) is 0 Å². The number of para-hydroxylation sites is 2. The molecule has 1 aromatic heterocycles. The summed E-state index contributed by atoms with van der Waals surface area (Å²) in [6.07, 6.45) is 0. The third-order valence-corrected chi connectivity index (χ3v) is 10.8. The van der Waals surface area contributed by atoms with Gasteiger partial charge in [-0.1, -0.05) is 78.9 Å². The minimum atomic E-state index is -0.770. The third-order valence-electron chi connectivity index (χ3n) is 10.8. The molecule has 7 aromatic carbocycles. The van der Waals surface area contributed by atoms with Gasteiger partial charge in [0, 0.05) is 11.4 Å². The van der Waals surface area contributed by atoms with Crippen molar-refractivity contribution < 1.29 is 0 Å². The lowest BCUT2D eigenvalue weighted by Gasteiger charge is -2.45. The molecule has 1 aliphatic heterocycles. The first-order valence-corrected chi connectivity index (χ1v) is 17.1. The standard InChI is InChI=1S/C47H24N6/c1-49-30-17-21-43-37(24-30)38-25-31(50-2)18-22-44(38)52(43)33-9-8-10-34(27-33)53-45-13-6-4-11-39(45)47(40-12-5-7-14-46(40)53)41-23-29(28-48)15-19-35(41)36-20-16-32(51-3)26-42(36)47/h4-27H. The molecular weight excluding hydrogens is 649 g/mol. The van der Waals surface area contributed by atoms with Crippen LogP contribution in [0.25, 0.3) is 53.2 Å². The topological polar surface area (TPSA) is 45.0 Å². The summed E-state index contributed by atoms with van der Waals surface area (Å²) in [7, 11) is 0. The number of benzene rings is 7. The minimum Gasteiger partial charge on any atom is -0.310 e. The maximum atomic E-state index is 10.1. The van der Waals surface area contributed by atoms with Crippen LogP contribution in [0, 0.1) is 31.0 Å². The van der Waals surface area contributed by atoms with Crippen molar-refractivity contribution in [3.05, 3.63) is 208 Å². The molecule has 2 heterocycles. The molecule has 0 saturated carbocycles. The quantitative estimate of drug-likeness (QED) is 0.172. The number of rotatable bonds is 2. The fourth-order valence-corrected chi connectivity index (χ4v) is 8.74. The first-order chi connectivity index (χ1) is 26.1. The monoisotopic (exact) mass is 672 g/mol. The van der Waals surface area contributed by atoms with E-state index in [1.54, 1.807) is 0 Å². The fourth-order valence-electron chi connectivity index (χ4n) is 8.74. The number of hydrogen-bond donors (Lipinski definition) is 0. The fraction of sp³-hybridized carbons (Fsp3) is 0.0213. The van der Waals surface area contributed by atoms with Crippen LogP contribution in [-0.4, -0.2) is 4.57 Å². The molecule has 10 rings (SSSR count). The largest absolute Gasteiger partial charge is 0.310 e. The number of aromatic nitrogens is 1. The Morgan fingerprint density at radius 1 is 0.491 bits per heavy atom. The molecule has 1 aliphatic carbocycles. The number of hydrogen-bond acceptors (Lipinski definition) is 2. The molecule has 242 valence electrons. The Hall–Kier alpha value is -7.90. The van der Waals surface area contributed by atoms with Crippen LogP contribution in [0.4, 0.5) is 34.1 Å². The van der Waals surface area contributed by atoms with Crippen molar-refractivity contribution in [3.63, 3.8) is 0 Å². The van der Waals surface area contributed by atoms with E-state index in [-0.39, 0.29) is 0 Å². The Kier molecular flexibility index (Phi) is 6.25. The maximum Gasteiger partial charge on any atom is 0.188 e. The lowest BCUT2D eigenvalue weighted by Crippen LogP contribution is -2.36. The predicted molar refractivity (Wildman–Crippen MR) is 210 cm³/mol. The molecule has 6 heteroatoms. The Morgan fingerprint density at radius 2 is 1.02 bits per heavy atom. The van der Waals surface area contributed by atoms with Crippen molar-refractivity contribution >= 4 is 55.9 Å². The van der Waals surface area contributed by atoms with Crippen LogP contribution >= 0.6 is 0 Å². The number of anilines is 3. The Labute approximate surface area is 305 Å². The van der Waals surface area contributed by atoms with Crippen LogP contribution < -0.4 is 4.90 Å². The van der Waals surface area contributed by atoms with Gasteiger partial charge in [0.05, 0.1) is 59.2 Å². The molecule has 0 fully saturated rings. The second-order valence-corrected chi connectivity index (χ2v) is 13.3. The molecule has 6 nitrogen and oxygen atoms in total. The average molecular weight is 673 g/mol. The summed E-state index contributed by atoms with van der Waals surface area (Å²) in [4.78, 5) is 13.5. The highest BCUT2D eigenvalue weighted by Gasteiger charge is 2.51. The van der Waals surface area contributed by atoms with E-state index in [4.69, 9.17) is 19.7 Å². The van der Waals surface area contributed by atoms with E-state index in [2.05, 4.69) is 109 Å². The molecule has 0 amide bonds. The van der Waals surface area contributed by atoms with E-state index in [0.29, 0.717) is 22.6 Å². The average Bonchev–Trinajstić information content (AvgIpc) is 3.70. The summed E-state index contributed by atoms with van der Waals surface area (Å²) >= 11 is 0. The van der Waals surface area contributed by atoms with Crippen LogP contribution in [0.2, 0.25) is 0 Å². The van der Waals surface area contributed by atoms with E-state index in [1.807, 2.05) is 66.7 Å². The van der Waals surface area contributed by atoms with Crippen molar-refractivity contribution in [2.75, 3.05) is 4.90 Å². The van der Waals surface area contributed by atoms with Crippen LogP contribution in [-0.2, 0) is 5.41 Å². The van der Waals surface area contributed by atoms with Crippen LogP contribution in [0.3, 0.4) is 0 Å². The van der Waals surface area contributed by atoms with Gasteiger partial charge in [0.25, 0.3) is 0 Å². The van der Waals surface area contributed by atoms with Gasteiger partial charge in [-0.05, 0) is 111 Å². The molecule has 0 saturated heterocycles. The molecule has 2 aliphatic rings. The highest BCUT2D eigenvalue weighted by molar-refractivity contribution is 6.11. The van der Waals surface area contributed by atoms with Gasteiger partial charge in [0.1, 0.15) is 0 Å². The zero-order chi connectivity index (χ0) is 35.8. The first kappa shape index (κ1) is 30.0. The lowest BCUT2D eigenvalue weighted by molar-refractivity contribution is 0.752. The van der Waals surface area contributed by atoms with E-state index < -0.39 is 5.41 Å².